The van der Waals surface area contributed by atoms with Crippen LogP contribution in [-0.2, 0) is 22.1 Å². The summed E-state index contributed by atoms with van der Waals surface area (Å²) in [4.78, 5) is 11.4. The van der Waals surface area contributed by atoms with E-state index >= 15 is 0 Å². The summed E-state index contributed by atoms with van der Waals surface area (Å²) in [5.74, 6) is -0.765. The molecule has 0 saturated carbocycles. The van der Waals surface area contributed by atoms with Crippen molar-refractivity contribution >= 4 is 17.6 Å². The Morgan fingerprint density at radius 2 is 1.90 bits per heavy atom. The Morgan fingerprint density at radius 3 is 2.48 bits per heavy atom. The lowest BCUT2D eigenvalue weighted by molar-refractivity contribution is -0.145. The van der Waals surface area contributed by atoms with Gasteiger partial charge in [0.1, 0.15) is 11.5 Å². The van der Waals surface area contributed by atoms with Crippen LogP contribution in [0.1, 0.15) is 48.9 Å². The number of hydrogen-bond donors (Lipinski definition) is 1. The highest BCUT2D eigenvalue weighted by Gasteiger charge is 2.35. The number of benzene rings is 2. The van der Waals surface area contributed by atoms with Crippen LogP contribution in [0.15, 0.2) is 30.3 Å². The van der Waals surface area contributed by atoms with E-state index < -0.39 is 24.3 Å². The van der Waals surface area contributed by atoms with Gasteiger partial charge in [-0.1, -0.05) is 37.6 Å². The van der Waals surface area contributed by atoms with E-state index in [4.69, 9.17) is 21.1 Å². The Hall–Kier alpha value is -2.41. The second kappa shape index (κ2) is 9.39. The van der Waals surface area contributed by atoms with Gasteiger partial charge in [0.25, 0.3) is 0 Å². The molecule has 0 amide bonds. The highest BCUT2D eigenvalue weighted by Crippen LogP contribution is 2.39. The molecule has 0 aromatic heterocycles. The number of carbonyl (C=O) groups is 1. The van der Waals surface area contributed by atoms with E-state index in [1.165, 1.54) is 12.1 Å². The monoisotopic (exact) mass is 430 g/mol. The molecule has 0 spiro atoms. The van der Waals surface area contributed by atoms with Gasteiger partial charge in [-0.2, -0.15) is 13.2 Å². The maximum absolute atomic E-state index is 13.7. The first-order chi connectivity index (χ1) is 13.5. The number of phenols is 1. The number of phenolic OH excluding ortho intramolecular Hbond substituents is 1. The summed E-state index contributed by atoms with van der Waals surface area (Å²) < 4.78 is 50.8. The highest BCUT2D eigenvalue weighted by atomic mass is 35.5. The normalized spacial score (nSPS) is 11.6. The van der Waals surface area contributed by atoms with Crippen LogP contribution in [0, 0.1) is 0 Å². The summed E-state index contributed by atoms with van der Waals surface area (Å²) in [5, 5.41) is 9.80. The third-order valence-corrected chi connectivity index (χ3v) is 4.57. The molecule has 0 fully saturated rings. The topological polar surface area (TPSA) is 55.8 Å². The van der Waals surface area contributed by atoms with E-state index in [0.29, 0.717) is 11.1 Å². The lowest BCUT2D eigenvalue weighted by Crippen LogP contribution is -2.16. The van der Waals surface area contributed by atoms with Crippen molar-refractivity contribution in [2.45, 2.75) is 39.3 Å². The fourth-order valence-electron chi connectivity index (χ4n) is 2.85. The Bertz CT molecular complexity index is 879. The molecule has 2 aromatic rings. The number of ether oxygens (including phenoxy) is 2. The Kier molecular flexibility index (Phi) is 7.41. The summed E-state index contributed by atoms with van der Waals surface area (Å²) in [6.45, 7) is 4.99. The molecule has 8 heteroatoms. The van der Waals surface area contributed by atoms with Gasteiger partial charge in [-0.05, 0) is 54.2 Å². The van der Waals surface area contributed by atoms with Crippen LogP contribution in [0.4, 0.5) is 13.2 Å². The number of aromatic hydroxyl groups is 1. The van der Waals surface area contributed by atoms with Crippen molar-refractivity contribution in [2.75, 3.05) is 13.2 Å². The molecule has 158 valence electrons. The first-order valence-electron chi connectivity index (χ1n) is 9.02. The van der Waals surface area contributed by atoms with Gasteiger partial charge in [-0.25, -0.2) is 4.79 Å². The third-order valence-electron chi connectivity index (χ3n) is 4.23. The van der Waals surface area contributed by atoms with Crippen molar-refractivity contribution in [3.8, 4) is 11.5 Å². The quantitative estimate of drug-likeness (QED) is 0.571. The number of esters is 1. The average molecular weight is 431 g/mol. The second-order valence-electron chi connectivity index (χ2n) is 6.75. The van der Waals surface area contributed by atoms with Gasteiger partial charge < -0.3 is 14.6 Å². The summed E-state index contributed by atoms with van der Waals surface area (Å²) in [6, 6.07) is 6.76. The number of halogens is 4. The summed E-state index contributed by atoms with van der Waals surface area (Å²) in [6.07, 6.45) is -4.74. The van der Waals surface area contributed by atoms with Crippen molar-refractivity contribution in [3.05, 3.63) is 57.6 Å². The zero-order chi connectivity index (χ0) is 21.8. The maximum Gasteiger partial charge on any atom is 0.416 e. The van der Waals surface area contributed by atoms with E-state index in [2.05, 4.69) is 0 Å². The molecule has 4 nitrogen and oxygen atoms in total. The Labute approximate surface area is 172 Å². The molecule has 0 radical (unpaired) electrons. The zero-order valence-corrected chi connectivity index (χ0v) is 17.0. The van der Waals surface area contributed by atoms with E-state index in [1.54, 1.807) is 19.1 Å². The van der Waals surface area contributed by atoms with Gasteiger partial charge in [0, 0.05) is 5.02 Å². The summed E-state index contributed by atoms with van der Waals surface area (Å²) in [5.41, 5.74) is 0.173. The SMILES string of the molecule is CCOC(=O)COc1cc(Cl)c(Cc2ccc(O)c(C(C)C)c2)c(C(F)(F)F)c1. The van der Waals surface area contributed by atoms with E-state index in [0.717, 1.165) is 6.07 Å². The molecule has 29 heavy (non-hydrogen) atoms. The van der Waals surface area contributed by atoms with Crippen molar-refractivity contribution in [3.63, 3.8) is 0 Å². The van der Waals surface area contributed by atoms with Gasteiger partial charge in [-0.3, -0.25) is 0 Å². The van der Waals surface area contributed by atoms with Crippen LogP contribution in [0.5, 0.6) is 11.5 Å². The Balaban J connectivity index is 2.39. The number of rotatable bonds is 7. The lowest BCUT2D eigenvalue weighted by atomic mass is 9.94. The minimum atomic E-state index is -4.67. The molecular weight excluding hydrogens is 409 g/mol. The second-order valence-corrected chi connectivity index (χ2v) is 7.15. The smallest absolute Gasteiger partial charge is 0.416 e. The van der Waals surface area contributed by atoms with Crippen molar-refractivity contribution in [1.82, 2.24) is 0 Å². The Morgan fingerprint density at radius 1 is 1.21 bits per heavy atom. The number of alkyl halides is 3. The van der Waals surface area contributed by atoms with Gasteiger partial charge in [-0.15, -0.1) is 0 Å². The van der Waals surface area contributed by atoms with Gasteiger partial charge in [0.2, 0.25) is 0 Å². The van der Waals surface area contributed by atoms with Crippen molar-refractivity contribution in [2.24, 2.45) is 0 Å². The minimum absolute atomic E-state index is 0.00570. The number of carbonyl (C=O) groups excluding carboxylic acids is 1. The fourth-order valence-corrected chi connectivity index (χ4v) is 3.13. The predicted molar refractivity (Wildman–Crippen MR) is 104 cm³/mol. The molecule has 0 saturated heterocycles. The molecule has 0 atom stereocenters. The van der Waals surface area contributed by atoms with Crippen LogP contribution in [0.3, 0.4) is 0 Å². The molecule has 2 rings (SSSR count). The summed E-state index contributed by atoms with van der Waals surface area (Å²) >= 11 is 6.16. The van der Waals surface area contributed by atoms with Gasteiger partial charge in [0.05, 0.1) is 12.2 Å². The molecule has 2 aromatic carbocycles. The van der Waals surface area contributed by atoms with Crippen LogP contribution in [0.2, 0.25) is 5.02 Å². The lowest BCUT2D eigenvalue weighted by Gasteiger charge is -2.18. The molecular formula is C21H22ClF3O4. The van der Waals surface area contributed by atoms with E-state index in [-0.39, 0.29) is 41.0 Å². The van der Waals surface area contributed by atoms with Crippen LogP contribution in [0.25, 0.3) is 0 Å². The van der Waals surface area contributed by atoms with Crippen LogP contribution < -0.4 is 4.74 Å². The summed E-state index contributed by atoms with van der Waals surface area (Å²) in [7, 11) is 0. The van der Waals surface area contributed by atoms with Crippen molar-refractivity contribution < 1.29 is 32.5 Å². The molecule has 0 unspecified atom stereocenters. The molecule has 1 N–H and O–H groups in total. The molecule has 0 aliphatic rings. The molecule has 0 bridgehead atoms. The van der Waals surface area contributed by atoms with Crippen LogP contribution >= 0.6 is 11.6 Å². The van der Waals surface area contributed by atoms with E-state index in [9.17, 15) is 23.1 Å². The molecule has 0 aliphatic heterocycles. The minimum Gasteiger partial charge on any atom is -0.508 e. The molecule has 0 aliphatic carbocycles. The third kappa shape index (κ3) is 6.03. The zero-order valence-electron chi connectivity index (χ0n) is 16.3. The van der Waals surface area contributed by atoms with Gasteiger partial charge >= 0.3 is 12.1 Å². The van der Waals surface area contributed by atoms with E-state index in [1.807, 2.05) is 13.8 Å². The van der Waals surface area contributed by atoms with Crippen molar-refractivity contribution in [1.29, 1.82) is 0 Å². The van der Waals surface area contributed by atoms with Crippen LogP contribution in [-0.4, -0.2) is 24.3 Å². The molecule has 0 heterocycles. The fraction of sp³-hybridized carbons (Fsp3) is 0.381. The largest absolute Gasteiger partial charge is 0.508 e. The average Bonchev–Trinajstić information content (AvgIpc) is 2.62. The highest BCUT2D eigenvalue weighted by molar-refractivity contribution is 6.31. The first kappa shape index (κ1) is 22.9. The predicted octanol–water partition coefficient (Wildman–Crippen LogP) is 5.72. The first-order valence-corrected chi connectivity index (χ1v) is 9.40. The standard InChI is InChI=1S/C21H22ClF3O4/c1-4-28-20(27)11-29-14-9-17(21(23,24)25)16(18(22)10-14)8-13-5-6-19(26)15(7-13)12(2)3/h5-7,9-10,12,26H,4,8,11H2,1-3H3. The number of hydrogen-bond acceptors (Lipinski definition) is 4. The maximum atomic E-state index is 13.7. The van der Waals surface area contributed by atoms with Gasteiger partial charge in [0.15, 0.2) is 6.61 Å².